The standard InChI is InChI=1S/C16H27N5O3/c1-12(2)24-15(22)5-6-18-16(17-3)21-7-8-23-14(11-21)13-9-19-20(4)10-13/h9-10,12,14H,5-8,11H2,1-4H3,(H,17,18). The lowest BCUT2D eigenvalue weighted by Crippen LogP contribution is -2.48. The Kier molecular flexibility index (Phi) is 6.60. The Bertz CT molecular complexity index is 570. The molecule has 1 saturated heterocycles. The summed E-state index contributed by atoms with van der Waals surface area (Å²) in [4.78, 5) is 18.0. The Morgan fingerprint density at radius 3 is 3.00 bits per heavy atom. The van der Waals surface area contributed by atoms with Crippen molar-refractivity contribution < 1.29 is 14.3 Å². The van der Waals surface area contributed by atoms with Gasteiger partial charge in [-0.05, 0) is 13.8 Å². The zero-order valence-corrected chi connectivity index (χ0v) is 14.9. The van der Waals surface area contributed by atoms with Gasteiger partial charge in [-0.15, -0.1) is 0 Å². The molecule has 0 spiro atoms. The number of carbonyl (C=O) groups is 1. The number of carbonyl (C=O) groups excluding carboxylic acids is 1. The molecule has 0 amide bonds. The summed E-state index contributed by atoms with van der Waals surface area (Å²) < 4.78 is 12.7. The predicted molar refractivity (Wildman–Crippen MR) is 90.7 cm³/mol. The highest BCUT2D eigenvalue weighted by Gasteiger charge is 2.25. The molecule has 8 heteroatoms. The first-order valence-electron chi connectivity index (χ1n) is 8.24. The minimum Gasteiger partial charge on any atom is -0.463 e. The van der Waals surface area contributed by atoms with E-state index in [2.05, 4.69) is 20.3 Å². The monoisotopic (exact) mass is 337 g/mol. The number of aromatic nitrogens is 2. The maximum absolute atomic E-state index is 11.6. The van der Waals surface area contributed by atoms with Crippen molar-refractivity contribution >= 4 is 11.9 Å². The van der Waals surface area contributed by atoms with Crippen LogP contribution in [-0.4, -0.2) is 66.0 Å². The Morgan fingerprint density at radius 1 is 1.58 bits per heavy atom. The minimum atomic E-state index is -0.205. The molecular formula is C16H27N5O3. The molecule has 1 unspecified atom stereocenters. The van der Waals surface area contributed by atoms with Crippen molar-refractivity contribution in [2.75, 3.05) is 33.3 Å². The average molecular weight is 337 g/mol. The van der Waals surface area contributed by atoms with Gasteiger partial charge in [-0.2, -0.15) is 5.10 Å². The van der Waals surface area contributed by atoms with Crippen molar-refractivity contribution in [3.63, 3.8) is 0 Å². The first-order chi connectivity index (χ1) is 11.5. The van der Waals surface area contributed by atoms with Crippen molar-refractivity contribution in [1.82, 2.24) is 20.0 Å². The average Bonchev–Trinajstić information content (AvgIpc) is 2.97. The summed E-state index contributed by atoms with van der Waals surface area (Å²) in [6, 6.07) is 0. The summed E-state index contributed by atoms with van der Waals surface area (Å²) >= 11 is 0. The first-order valence-corrected chi connectivity index (χ1v) is 8.24. The quantitative estimate of drug-likeness (QED) is 0.484. The number of esters is 1. The van der Waals surface area contributed by atoms with Crippen LogP contribution in [0.25, 0.3) is 0 Å². The summed E-state index contributed by atoms with van der Waals surface area (Å²) in [7, 11) is 3.63. The number of hydrogen-bond acceptors (Lipinski definition) is 5. The van der Waals surface area contributed by atoms with Gasteiger partial charge in [0, 0.05) is 38.9 Å². The van der Waals surface area contributed by atoms with Gasteiger partial charge >= 0.3 is 5.97 Å². The van der Waals surface area contributed by atoms with Crippen LogP contribution in [-0.2, 0) is 21.3 Å². The molecule has 2 heterocycles. The largest absolute Gasteiger partial charge is 0.463 e. The molecule has 1 aliphatic rings. The third-order valence-electron chi connectivity index (χ3n) is 3.65. The second-order valence-electron chi connectivity index (χ2n) is 6.02. The third kappa shape index (κ3) is 5.23. The van der Waals surface area contributed by atoms with Gasteiger partial charge < -0.3 is 19.7 Å². The fourth-order valence-corrected chi connectivity index (χ4v) is 2.58. The molecule has 0 bridgehead atoms. The zero-order valence-electron chi connectivity index (χ0n) is 14.9. The van der Waals surface area contributed by atoms with Crippen molar-refractivity contribution in [2.45, 2.75) is 32.5 Å². The number of rotatable bonds is 5. The van der Waals surface area contributed by atoms with E-state index in [4.69, 9.17) is 9.47 Å². The molecule has 1 aliphatic heterocycles. The van der Waals surface area contributed by atoms with Gasteiger partial charge in [0.1, 0.15) is 6.10 Å². The Hall–Kier alpha value is -2.09. The first kappa shape index (κ1) is 18.3. The fraction of sp³-hybridized carbons (Fsp3) is 0.688. The van der Waals surface area contributed by atoms with Gasteiger partial charge in [0.15, 0.2) is 5.96 Å². The number of guanidine groups is 1. The molecule has 1 fully saturated rings. The summed E-state index contributed by atoms with van der Waals surface area (Å²) in [6.07, 6.45) is 3.99. The Morgan fingerprint density at radius 2 is 2.38 bits per heavy atom. The van der Waals surface area contributed by atoms with E-state index in [1.54, 1.807) is 11.7 Å². The van der Waals surface area contributed by atoms with Crippen LogP contribution in [0, 0.1) is 0 Å². The number of aryl methyl sites for hydroxylation is 1. The molecule has 0 radical (unpaired) electrons. The van der Waals surface area contributed by atoms with Crippen molar-refractivity contribution in [3.8, 4) is 0 Å². The molecule has 0 aliphatic carbocycles. The number of aliphatic imine (C=N–C) groups is 1. The number of morpholine rings is 1. The highest BCUT2D eigenvalue weighted by Crippen LogP contribution is 2.21. The summed E-state index contributed by atoms with van der Waals surface area (Å²) in [5.41, 5.74) is 1.05. The van der Waals surface area contributed by atoms with Crippen LogP contribution in [0.15, 0.2) is 17.4 Å². The van der Waals surface area contributed by atoms with E-state index in [1.165, 1.54) is 0 Å². The fourth-order valence-electron chi connectivity index (χ4n) is 2.58. The summed E-state index contributed by atoms with van der Waals surface area (Å²) in [6.45, 7) is 6.25. The molecular weight excluding hydrogens is 310 g/mol. The zero-order chi connectivity index (χ0) is 17.5. The molecule has 0 saturated carbocycles. The SMILES string of the molecule is CN=C(NCCC(=O)OC(C)C)N1CCOC(c2cnn(C)c2)C1. The van der Waals surface area contributed by atoms with Crippen LogP contribution in [0.4, 0.5) is 0 Å². The van der Waals surface area contributed by atoms with Crippen LogP contribution in [0.3, 0.4) is 0 Å². The lowest BCUT2D eigenvalue weighted by molar-refractivity contribution is -0.147. The minimum absolute atomic E-state index is 0.0306. The molecule has 8 nitrogen and oxygen atoms in total. The second-order valence-corrected chi connectivity index (χ2v) is 6.02. The van der Waals surface area contributed by atoms with Gasteiger partial charge in [0.2, 0.25) is 0 Å². The van der Waals surface area contributed by atoms with Crippen LogP contribution in [0.1, 0.15) is 31.9 Å². The van der Waals surface area contributed by atoms with Crippen molar-refractivity contribution in [3.05, 3.63) is 18.0 Å². The molecule has 24 heavy (non-hydrogen) atoms. The highest BCUT2D eigenvalue weighted by molar-refractivity contribution is 5.80. The van der Waals surface area contributed by atoms with Gasteiger partial charge in [-0.1, -0.05) is 0 Å². The van der Waals surface area contributed by atoms with Crippen molar-refractivity contribution in [1.29, 1.82) is 0 Å². The van der Waals surface area contributed by atoms with Gasteiger partial charge in [-0.3, -0.25) is 14.5 Å². The predicted octanol–water partition coefficient (Wildman–Crippen LogP) is 0.710. The lowest BCUT2D eigenvalue weighted by atomic mass is 10.1. The Labute approximate surface area is 142 Å². The molecule has 0 aromatic carbocycles. The maximum Gasteiger partial charge on any atom is 0.307 e. The number of ether oxygens (including phenoxy) is 2. The lowest BCUT2D eigenvalue weighted by Gasteiger charge is -2.34. The van der Waals surface area contributed by atoms with E-state index < -0.39 is 0 Å². The van der Waals surface area contributed by atoms with E-state index in [9.17, 15) is 4.79 Å². The molecule has 1 atom stereocenters. The van der Waals surface area contributed by atoms with Crippen LogP contribution < -0.4 is 5.32 Å². The van der Waals surface area contributed by atoms with Crippen LogP contribution >= 0.6 is 0 Å². The number of hydrogen-bond donors (Lipinski definition) is 1. The van der Waals surface area contributed by atoms with Crippen LogP contribution in [0.5, 0.6) is 0 Å². The van der Waals surface area contributed by atoms with Gasteiger partial charge in [0.05, 0.1) is 31.9 Å². The van der Waals surface area contributed by atoms with E-state index >= 15 is 0 Å². The number of nitrogens with one attached hydrogen (secondary N) is 1. The van der Waals surface area contributed by atoms with E-state index in [1.807, 2.05) is 33.3 Å². The molecule has 1 N–H and O–H groups in total. The molecule has 134 valence electrons. The van der Waals surface area contributed by atoms with Gasteiger partial charge in [0.25, 0.3) is 0 Å². The number of nitrogens with zero attached hydrogens (tertiary/aromatic N) is 4. The summed E-state index contributed by atoms with van der Waals surface area (Å²) in [5, 5.41) is 7.41. The normalized spacial score (nSPS) is 18.8. The highest BCUT2D eigenvalue weighted by atomic mass is 16.5. The topological polar surface area (TPSA) is 81.0 Å². The summed E-state index contributed by atoms with van der Waals surface area (Å²) in [5.74, 6) is 0.563. The Balaban J connectivity index is 1.85. The van der Waals surface area contributed by atoms with E-state index in [0.717, 1.165) is 18.1 Å². The maximum atomic E-state index is 11.6. The molecule has 1 aromatic rings. The smallest absolute Gasteiger partial charge is 0.307 e. The van der Waals surface area contributed by atoms with Gasteiger partial charge in [-0.25, -0.2) is 0 Å². The second kappa shape index (κ2) is 8.68. The van der Waals surface area contributed by atoms with E-state index in [-0.39, 0.29) is 18.2 Å². The molecule has 1 aromatic heterocycles. The molecule has 2 rings (SSSR count). The third-order valence-corrected chi connectivity index (χ3v) is 3.65. The van der Waals surface area contributed by atoms with E-state index in [0.29, 0.717) is 26.1 Å². The van der Waals surface area contributed by atoms with Crippen LogP contribution in [0.2, 0.25) is 0 Å². The van der Waals surface area contributed by atoms with Crippen molar-refractivity contribution in [2.24, 2.45) is 12.0 Å².